The molecule has 0 aromatic carbocycles. The third-order valence-electron chi connectivity index (χ3n) is 2.84. The number of nitrogens with zero attached hydrogens (tertiary/aromatic N) is 3. The van der Waals surface area contributed by atoms with Gasteiger partial charge in [0.2, 0.25) is 0 Å². The lowest BCUT2D eigenvalue weighted by Crippen LogP contribution is -2.19. The second-order valence-corrected chi connectivity index (χ2v) is 4.51. The first-order valence-electron chi connectivity index (χ1n) is 6.94. The van der Waals surface area contributed by atoms with Crippen LogP contribution in [0.2, 0.25) is 0 Å². The zero-order chi connectivity index (χ0) is 13.1. The van der Waals surface area contributed by atoms with Crippen LogP contribution in [0.15, 0.2) is 6.33 Å². The average molecular weight is 254 g/mol. The van der Waals surface area contributed by atoms with Gasteiger partial charge in [-0.3, -0.25) is 4.68 Å². The first kappa shape index (κ1) is 15.1. The summed E-state index contributed by atoms with van der Waals surface area (Å²) in [4.78, 5) is 4.28. The van der Waals surface area contributed by atoms with Gasteiger partial charge in [0, 0.05) is 20.2 Å². The van der Waals surface area contributed by atoms with Gasteiger partial charge >= 0.3 is 0 Å². The Labute approximate surface area is 110 Å². The molecule has 18 heavy (non-hydrogen) atoms. The van der Waals surface area contributed by atoms with Crippen LogP contribution in [0.3, 0.4) is 0 Å². The van der Waals surface area contributed by atoms with E-state index in [-0.39, 0.29) is 0 Å². The van der Waals surface area contributed by atoms with E-state index in [4.69, 9.17) is 4.74 Å². The fourth-order valence-corrected chi connectivity index (χ4v) is 1.77. The fraction of sp³-hybridized carbons (Fsp3) is 0.846. The van der Waals surface area contributed by atoms with Crippen molar-refractivity contribution in [3.8, 4) is 0 Å². The number of nitrogens with one attached hydrogen (secondary N) is 1. The van der Waals surface area contributed by atoms with Crippen LogP contribution in [0.25, 0.3) is 0 Å². The third kappa shape index (κ3) is 6.71. The molecule has 0 aliphatic rings. The van der Waals surface area contributed by atoms with Crippen molar-refractivity contribution in [1.82, 2.24) is 20.1 Å². The van der Waals surface area contributed by atoms with Crippen molar-refractivity contribution in [2.45, 2.75) is 52.1 Å². The Morgan fingerprint density at radius 1 is 1.28 bits per heavy atom. The van der Waals surface area contributed by atoms with Crippen LogP contribution in [0.4, 0.5) is 0 Å². The van der Waals surface area contributed by atoms with Gasteiger partial charge in [0.1, 0.15) is 6.33 Å². The molecule has 104 valence electrons. The van der Waals surface area contributed by atoms with E-state index in [2.05, 4.69) is 22.3 Å². The van der Waals surface area contributed by atoms with Gasteiger partial charge in [0.05, 0.1) is 13.2 Å². The second kappa shape index (κ2) is 10.0. The van der Waals surface area contributed by atoms with E-state index in [9.17, 15) is 0 Å². The highest BCUT2D eigenvalue weighted by molar-refractivity contribution is 4.80. The normalized spacial score (nSPS) is 11.0. The smallest absolute Gasteiger partial charge is 0.164 e. The lowest BCUT2D eigenvalue weighted by Gasteiger charge is -2.01. The summed E-state index contributed by atoms with van der Waals surface area (Å²) < 4.78 is 6.91. The quantitative estimate of drug-likeness (QED) is 0.614. The molecule has 1 rings (SSSR count). The highest BCUT2D eigenvalue weighted by atomic mass is 16.5. The van der Waals surface area contributed by atoms with E-state index >= 15 is 0 Å². The molecule has 0 aliphatic heterocycles. The van der Waals surface area contributed by atoms with Crippen molar-refractivity contribution in [2.24, 2.45) is 0 Å². The summed E-state index contributed by atoms with van der Waals surface area (Å²) in [6.45, 7) is 5.49. The van der Waals surface area contributed by atoms with Crippen LogP contribution >= 0.6 is 0 Å². The summed E-state index contributed by atoms with van der Waals surface area (Å²) in [5.41, 5.74) is 0. The fourth-order valence-electron chi connectivity index (χ4n) is 1.77. The van der Waals surface area contributed by atoms with Crippen LogP contribution in [-0.4, -0.2) is 35.0 Å². The van der Waals surface area contributed by atoms with Crippen LogP contribution in [0.1, 0.15) is 44.9 Å². The number of aryl methyl sites for hydroxylation is 1. The maximum Gasteiger partial charge on any atom is 0.164 e. The maximum atomic E-state index is 4.96. The molecule has 0 saturated heterocycles. The zero-order valence-corrected chi connectivity index (χ0v) is 11.7. The number of aromatic nitrogens is 3. The molecule has 5 heteroatoms. The Balaban J connectivity index is 2.10. The monoisotopic (exact) mass is 254 g/mol. The standard InChI is InChI=1S/C13H26N4O/c1-3-4-5-6-7-9-17-12-15-13(16-17)11-14-8-10-18-2/h12,14H,3-11H2,1-2H3. The van der Waals surface area contributed by atoms with Crippen molar-refractivity contribution in [3.63, 3.8) is 0 Å². The predicted octanol–water partition coefficient (Wildman–Crippen LogP) is 1.98. The van der Waals surface area contributed by atoms with Gasteiger partial charge in [-0.1, -0.05) is 32.6 Å². The lowest BCUT2D eigenvalue weighted by atomic mass is 10.1. The molecule has 0 fully saturated rings. The molecule has 0 bridgehead atoms. The molecule has 0 radical (unpaired) electrons. The topological polar surface area (TPSA) is 52.0 Å². The van der Waals surface area contributed by atoms with Crippen LogP contribution < -0.4 is 5.32 Å². The maximum absolute atomic E-state index is 4.96. The first-order chi connectivity index (χ1) is 8.86. The summed E-state index contributed by atoms with van der Waals surface area (Å²) >= 11 is 0. The Hall–Kier alpha value is -0.940. The number of unbranched alkanes of at least 4 members (excludes halogenated alkanes) is 4. The van der Waals surface area contributed by atoms with E-state index < -0.39 is 0 Å². The predicted molar refractivity (Wildman–Crippen MR) is 72.4 cm³/mol. The molecule has 1 aromatic heterocycles. The Morgan fingerprint density at radius 3 is 2.89 bits per heavy atom. The third-order valence-corrected chi connectivity index (χ3v) is 2.84. The minimum atomic E-state index is 0.714. The molecule has 0 aliphatic carbocycles. The van der Waals surface area contributed by atoms with E-state index in [1.165, 1.54) is 32.1 Å². The molecule has 1 heterocycles. The van der Waals surface area contributed by atoms with Crippen LogP contribution in [0, 0.1) is 0 Å². The van der Waals surface area contributed by atoms with E-state index in [1.54, 1.807) is 7.11 Å². The highest BCUT2D eigenvalue weighted by Crippen LogP contribution is 2.03. The first-order valence-corrected chi connectivity index (χ1v) is 6.94. The summed E-state index contributed by atoms with van der Waals surface area (Å²) in [6.07, 6.45) is 8.27. The number of hydrogen-bond donors (Lipinski definition) is 1. The minimum absolute atomic E-state index is 0.714. The van der Waals surface area contributed by atoms with Crippen molar-refractivity contribution < 1.29 is 4.74 Å². The summed E-state index contributed by atoms with van der Waals surface area (Å²) in [6, 6.07) is 0. The molecule has 0 saturated carbocycles. The molecule has 0 atom stereocenters. The molecule has 1 aromatic rings. The largest absolute Gasteiger partial charge is 0.383 e. The Morgan fingerprint density at radius 2 is 2.11 bits per heavy atom. The number of rotatable bonds is 11. The van der Waals surface area contributed by atoms with Gasteiger partial charge < -0.3 is 10.1 Å². The number of methoxy groups -OCH3 is 1. The molecule has 1 N–H and O–H groups in total. The van der Waals surface area contributed by atoms with E-state index in [0.717, 1.165) is 25.5 Å². The molecule has 0 unspecified atom stereocenters. The molecule has 0 amide bonds. The van der Waals surface area contributed by atoms with Crippen molar-refractivity contribution in [3.05, 3.63) is 12.2 Å². The van der Waals surface area contributed by atoms with Gasteiger partial charge in [-0.25, -0.2) is 4.98 Å². The summed E-state index contributed by atoms with van der Waals surface area (Å²) in [7, 11) is 1.70. The van der Waals surface area contributed by atoms with Gasteiger partial charge in [0.25, 0.3) is 0 Å². The Kier molecular flexibility index (Phi) is 8.42. The number of ether oxygens (including phenoxy) is 1. The zero-order valence-electron chi connectivity index (χ0n) is 11.7. The lowest BCUT2D eigenvalue weighted by molar-refractivity contribution is 0.199. The van der Waals surface area contributed by atoms with Gasteiger partial charge in [0.15, 0.2) is 5.82 Å². The van der Waals surface area contributed by atoms with Crippen LogP contribution in [0.5, 0.6) is 0 Å². The van der Waals surface area contributed by atoms with Gasteiger partial charge in [-0.15, -0.1) is 0 Å². The van der Waals surface area contributed by atoms with Gasteiger partial charge in [-0.05, 0) is 6.42 Å². The SMILES string of the molecule is CCCCCCCn1cnc(CNCCOC)n1. The number of hydrogen-bond acceptors (Lipinski definition) is 4. The van der Waals surface area contributed by atoms with E-state index in [1.807, 2.05) is 11.0 Å². The highest BCUT2D eigenvalue weighted by Gasteiger charge is 2.00. The average Bonchev–Trinajstić information content (AvgIpc) is 2.82. The van der Waals surface area contributed by atoms with Crippen molar-refractivity contribution in [2.75, 3.05) is 20.3 Å². The van der Waals surface area contributed by atoms with Crippen molar-refractivity contribution >= 4 is 0 Å². The van der Waals surface area contributed by atoms with Crippen molar-refractivity contribution in [1.29, 1.82) is 0 Å². The molecule has 0 spiro atoms. The van der Waals surface area contributed by atoms with E-state index in [0.29, 0.717) is 6.54 Å². The minimum Gasteiger partial charge on any atom is -0.383 e. The second-order valence-electron chi connectivity index (χ2n) is 4.51. The van der Waals surface area contributed by atoms with Gasteiger partial charge in [-0.2, -0.15) is 5.10 Å². The summed E-state index contributed by atoms with van der Waals surface area (Å²) in [5.74, 6) is 0.861. The molecular weight excluding hydrogens is 228 g/mol. The Bertz CT molecular complexity index is 301. The molecular formula is C13H26N4O. The summed E-state index contributed by atoms with van der Waals surface area (Å²) in [5, 5.41) is 7.66. The molecule has 5 nitrogen and oxygen atoms in total. The van der Waals surface area contributed by atoms with Crippen LogP contribution in [-0.2, 0) is 17.8 Å².